The average molecular weight is 445 g/mol. The lowest BCUT2D eigenvalue weighted by Crippen LogP contribution is -2.41. The summed E-state index contributed by atoms with van der Waals surface area (Å²) in [4.78, 5) is -0.945. The van der Waals surface area contributed by atoms with E-state index in [2.05, 4.69) is 0 Å². The first-order valence-corrected chi connectivity index (χ1v) is 11.1. The van der Waals surface area contributed by atoms with Gasteiger partial charge in [-0.25, -0.2) is 17.2 Å². The van der Waals surface area contributed by atoms with E-state index in [1.54, 1.807) is 30.3 Å². The molecule has 0 spiro atoms. The van der Waals surface area contributed by atoms with E-state index in [0.29, 0.717) is 29.0 Å². The minimum Gasteiger partial charge on any atom is -0.493 e. The molecule has 1 aliphatic rings. The maximum atomic E-state index is 14.5. The summed E-state index contributed by atoms with van der Waals surface area (Å²) in [5.74, 6) is -1.27. The Kier molecular flexibility index (Phi) is 5.68. The molecule has 0 aliphatic carbocycles. The van der Waals surface area contributed by atoms with Crippen molar-refractivity contribution < 1.29 is 26.7 Å². The molecule has 0 bridgehead atoms. The number of hydrogen-bond acceptors (Lipinski definition) is 4. The predicted molar refractivity (Wildman–Crippen MR) is 112 cm³/mol. The quantitative estimate of drug-likeness (QED) is 0.587. The summed E-state index contributed by atoms with van der Waals surface area (Å²) >= 11 is 0. The zero-order valence-corrected chi connectivity index (χ0v) is 17.8. The van der Waals surface area contributed by atoms with Gasteiger partial charge in [-0.2, -0.15) is 4.31 Å². The molecule has 0 N–H and O–H groups in total. The van der Waals surface area contributed by atoms with Crippen LogP contribution < -0.4 is 9.47 Å². The van der Waals surface area contributed by atoms with Gasteiger partial charge in [-0.3, -0.25) is 0 Å². The molecule has 0 fully saturated rings. The Morgan fingerprint density at radius 2 is 1.52 bits per heavy atom. The summed E-state index contributed by atoms with van der Waals surface area (Å²) in [6.07, 6.45) is 0.355. The topological polar surface area (TPSA) is 55.8 Å². The Morgan fingerprint density at radius 1 is 0.903 bits per heavy atom. The highest BCUT2D eigenvalue weighted by atomic mass is 32.2. The number of sulfonamides is 1. The number of fused-ring (bicyclic) bond motifs is 1. The number of benzene rings is 3. The van der Waals surface area contributed by atoms with Gasteiger partial charge in [0.25, 0.3) is 0 Å². The number of nitrogens with zero attached hydrogens (tertiary/aromatic N) is 1. The number of hydrogen-bond donors (Lipinski definition) is 0. The van der Waals surface area contributed by atoms with E-state index < -0.39 is 32.6 Å². The normalized spacial score (nSPS) is 16.6. The second-order valence-corrected chi connectivity index (χ2v) is 8.96. The van der Waals surface area contributed by atoms with Gasteiger partial charge in [-0.15, -0.1) is 0 Å². The van der Waals surface area contributed by atoms with Crippen molar-refractivity contribution >= 4 is 10.0 Å². The first-order chi connectivity index (χ1) is 14.9. The van der Waals surface area contributed by atoms with Gasteiger partial charge in [0.2, 0.25) is 10.0 Å². The third-order valence-corrected chi connectivity index (χ3v) is 7.35. The third-order valence-electron chi connectivity index (χ3n) is 5.43. The van der Waals surface area contributed by atoms with Crippen molar-refractivity contribution in [2.45, 2.75) is 17.4 Å². The van der Waals surface area contributed by atoms with Crippen LogP contribution in [0, 0.1) is 11.6 Å². The van der Waals surface area contributed by atoms with Crippen molar-refractivity contribution in [1.82, 2.24) is 4.31 Å². The molecule has 0 aromatic heterocycles. The lowest BCUT2D eigenvalue weighted by molar-refractivity contribution is 0.329. The van der Waals surface area contributed by atoms with Gasteiger partial charge in [0.1, 0.15) is 11.6 Å². The highest BCUT2D eigenvalue weighted by Gasteiger charge is 2.40. The van der Waals surface area contributed by atoms with Crippen molar-refractivity contribution in [3.63, 3.8) is 0 Å². The fraction of sp³-hybridized carbons (Fsp3) is 0.217. The van der Waals surface area contributed by atoms with Crippen LogP contribution in [0.4, 0.5) is 8.78 Å². The molecule has 3 aromatic carbocycles. The van der Waals surface area contributed by atoms with Crippen LogP contribution in [-0.4, -0.2) is 33.5 Å². The van der Waals surface area contributed by atoms with E-state index in [4.69, 9.17) is 9.47 Å². The summed E-state index contributed by atoms with van der Waals surface area (Å²) in [6.45, 7) is 0.0537. The first kappa shape index (κ1) is 21.3. The van der Waals surface area contributed by atoms with Crippen molar-refractivity contribution in [3.8, 4) is 11.5 Å². The lowest BCUT2D eigenvalue weighted by atomic mass is 9.89. The van der Waals surface area contributed by atoms with Crippen molar-refractivity contribution in [3.05, 3.63) is 89.0 Å². The lowest BCUT2D eigenvalue weighted by Gasteiger charge is -2.37. The van der Waals surface area contributed by atoms with Crippen LogP contribution in [0.2, 0.25) is 0 Å². The summed E-state index contributed by atoms with van der Waals surface area (Å²) < 4.78 is 67.9. The Morgan fingerprint density at radius 3 is 2.13 bits per heavy atom. The highest BCUT2D eigenvalue weighted by Crippen LogP contribution is 2.43. The second kappa shape index (κ2) is 8.28. The van der Waals surface area contributed by atoms with E-state index in [9.17, 15) is 17.2 Å². The Hall–Kier alpha value is -2.97. The van der Waals surface area contributed by atoms with E-state index in [-0.39, 0.29) is 6.54 Å². The molecule has 8 heteroatoms. The maximum Gasteiger partial charge on any atom is 0.249 e. The van der Waals surface area contributed by atoms with Crippen LogP contribution >= 0.6 is 0 Å². The molecule has 0 radical (unpaired) electrons. The van der Waals surface area contributed by atoms with Crippen LogP contribution in [0.25, 0.3) is 0 Å². The summed E-state index contributed by atoms with van der Waals surface area (Å²) in [6, 6.07) is 14.8. The molecule has 0 amide bonds. The van der Waals surface area contributed by atoms with E-state index >= 15 is 0 Å². The number of halogens is 2. The van der Waals surface area contributed by atoms with Gasteiger partial charge in [-0.05, 0) is 47.4 Å². The van der Waals surface area contributed by atoms with Crippen LogP contribution in [0.5, 0.6) is 11.5 Å². The van der Waals surface area contributed by atoms with Crippen molar-refractivity contribution in [1.29, 1.82) is 0 Å². The average Bonchev–Trinajstić information content (AvgIpc) is 2.77. The molecular formula is C23H21F2NO4S. The van der Waals surface area contributed by atoms with Gasteiger partial charge in [0, 0.05) is 6.54 Å². The number of methoxy groups -OCH3 is 2. The minimum atomic E-state index is -4.49. The molecule has 162 valence electrons. The largest absolute Gasteiger partial charge is 0.493 e. The Bertz CT molecular complexity index is 1200. The van der Waals surface area contributed by atoms with Crippen LogP contribution in [0.15, 0.2) is 65.6 Å². The van der Waals surface area contributed by atoms with Crippen LogP contribution in [-0.2, 0) is 16.4 Å². The fourth-order valence-electron chi connectivity index (χ4n) is 4.01. The van der Waals surface area contributed by atoms with Gasteiger partial charge in [0.15, 0.2) is 16.4 Å². The molecule has 0 saturated carbocycles. The Labute approximate surface area is 179 Å². The number of ether oxygens (including phenoxy) is 2. The monoisotopic (exact) mass is 445 g/mol. The van der Waals surface area contributed by atoms with Gasteiger partial charge in [0.05, 0.1) is 20.3 Å². The molecular weight excluding hydrogens is 424 g/mol. The molecule has 1 unspecified atom stereocenters. The Balaban J connectivity index is 1.94. The standard InChI is InChI=1S/C23H21F2NO4S/c1-29-20-13-16-11-12-26(31(27,28)23-18(24)9-6-10-19(23)25)22(15-7-4-3-5-8-15)17(16)14-21(20)30-2/h3-10,13-14,22H,11-12H2,1-2H3. The van der Waals surface area contributed by atoms with E-state index in [0.717, 1.165) is 28.1 Å². The fourth-order valence-corrected chi connectivity index (χ4v) is 5.72. The maximum absolute atomic E-state index is 14.5. The second-order valence-electron chi connectivity index (χ2n) is 7.14. The molecule has 1 heterocycles. The minimum absolute atomic E-state index is 0.0537. The van der Waals surface area contributed by atoms with Crippen LogP contribution in [0.3, 0.4) is 0 Å². The molecule has 0 saturated heterocycles. The van der Waals surface area contributed by atoms with E-state index in [1.165, 1.54) is 14.2 Å². The summed E-state index contributed by atoms with van der Waals surface area (Å²) in [5.41, 5.74) is 2.23. The molecule has 1 atom stereocenters. The van der Waals surface area contributed by atoms with Gasteiger partial charge >= 0.3 is 0 Å². The summed E-state index contributed by atoms with van der Waals surface area (Å²) in [5, 5.41) is 0. The van der Waals surface area contributed by atoms with Crippen molar-refractivity contribution in [2.24, 2.45) is 0 Å². The van der Waals surface area contributed by atoms with Gasteiger partial charge in [-0.1, -0.05) is 36.4 Å². The zero-order valence-electron chi connectivity index (χ0n) is 17.0. The molecule has 31 heavy (non-hydrogen) atoms. The molecule has 3 aromatic rings. The van der Waals surface area contributed by atoms with E-state index in [1.807, 2.05) is 12.1 Å². The third kappa shape index (κ3) is 3.66. The number of rotatable bonds is 5. The smallest absolute Gasteiger partial charge is 0.249 e. The van der Waals surface area contributed by atoms with Gasteiger partial charge < -0.3 is 9.47 Å². The zero-order chi connectivity index (χ0) is 22.2. The summed E-state index contributed by atoms with van der Waals surface area (Å²) in [7, 11) is -1.47. The SMILES string of the molecule is COc1cc2c(cc1OC)C(c1ccccc1)N(S(=O)(=O)c1c(F)cccc1F)CC2. The first-order valence-electron chi connectivity index (χ1n) is 9.64. The predicted octanol–water partition coefficient (Wildman–Crippen LogP) is 4.32. The molecule has 4 rings (SSSR count). The van der Waals surface area contributed by atoms with Crippen molar-refractivity contribution in [2.75, 3.05) is 20.8 Å². The van der Waals surface area contributed by atoms with Crippen LogP contribution in [0.1, 0.15) is 22.7 Å². The molecule has 5 nitrogen and oxygen atoms in total. The molecule has 1 aliphatic heterocycles. The highest BCUT2D eigenvalue weighted by molar-refractivity contribution is 7.89.